The number of rotatable bonds is 6. The van der Waals surface area contributed by atoms with E-state index in [0.29, 0.717) is 18.0 Å². The highest BCUT2D eigenvalue weighted by atomic mass is 32.2. The lowest BCUT2D eigenvalue weighted by Gasteiger charge is -2.30. The highest BCUT2D eigenvalue weighted by Gasteiger charge is 2.26. The lowest BCUT2D eigenvalue weighted by atomic mass is 10.0. The van der Waals surface area contributed by atoms with Crippen LogP contribution in [0.2, 0.25) is 0 Å². The Bertz CT molecular complexity index is 863. The number of nitrogens with one attached hydrogen (secondary N) is 2. The largest absolute Gasteiger partial charge is 0.417 e. The van der Waals surface area contributed by atoms with Crippen LogP contribution in [0.25, 0.3) is 11.1 Å². The van der Waals surface area contributed by atoms with Crippen LogP contribution in [0.5, 0.6) is 0 Å². The van der Waals surface area contributed by atoms with Crippen molar-refractivity contribution in [3.8, 4) is 0 Å². The van der Waals surface area contributed by atoms with Crippen LogP contribution in [0.3, 0.4) is 0 Å². The Kier molecular flexibility index (Phi) is 4.80. The molecule has 0 aliphatic carbocycles. The molecule has 8 heteroatoms. The molecule has 2 N–H and O–H groups in total. The van der Waals surface area contributed by atoms with Crippen molar-refractivity contribution in [1.29, 1.82) is 0 Å². The molecular formula is C16H23N3O4S. The molecule has 2 heterocycles. The number of aromatic nitrogens is 1. The minimum atomic E-state index is -3.65. The second-order valence-corrected chi connectivity index (χ2v) is 8.35. The number of fused-ring (bicyclic) bond motifs is 1. The molecule has 1 aromatic heterocycles. The number of hydrogen-bond donors (Lipinski definition) is 2. The van der Waals surface area contributed by atoms with Crippen molar-refractivity contribution in [2.75, 3.05) is 19.6 Å². The lowest BCUT2D eigenvalue weighted by molar-refractivity contribution is 0.193. The third kappa shape index (κ3) is 3.55. The summed E-state index contributed by atoms with van der Waals surface area (Å²) in [4.78, 5) is 16.1. The van der Waals surface area contributed by atoms with Crippen molar-refractivity contribution in [2.45, 2.75) is 37.6 Å². The van der Waals surface area contributed by atoms with Gasteiger partial charge >= 0.3 is 5.76 Å². The van der Waals surface area contributed by atoms with Gasteiger partial charge < -0.3 is 4.42 Å². The molecule has 1 aliphatic heterocycles. The van der Waals surface area contributed by atoms with Gasteiger partial charge in [0.25, 0.3) is 0 Å². The second kappa shape index (κ2) is 6.70. The molecule has 1 fully saturated rings. The van der Waals surface area contributed by atoms with Crippen molar-refractivity contribution in [3.05, 3.63) is 28.7 Å². The van der Waals surface area contributed by atoms with Gasteiger partial charge in [0, 0.05) is 18.7 Å². The predicted octanol–water partition coefficient (Wildman–Crippen LogP) is 1.52. The van der Waals surface area contributed by atoms with Gasteiger partial charge in [0.05, 0.1) is 10.4 Å². The zero-order chi connectivity index (χ0) is 17.3. The first-order valence-electron chi connectivity index (χ1n) is 8.23. The molecule has 132 valence electrons. The molecule has 1 aliphatic rings. The average Bonchev–Trinajstić information content (AvgIpc) is 3.14. The highest BCUT2D eigenvalue weighted by Crippen LogP contribution is 2.19. The van der Waals surface area contributed by atoms with Crippen molar-refractivity contribution >= 4 is 21.1 Å². The van der Waals surface area contributed by atoms with Crippen molar-refractivity contribution in [1.82, 2.24) is 14.6 Å². The highest BCUT2D eigenvalue weighted by molar-refractivity contribution is 7.89. The van der Waals surface area contributed by atoms with Gasteiger partial charge in [0.15, 0.2) is 5.58 Å². The molecule has 24 heavy (non-hydrogen) atoms. The fraction of sp³-hybridized carbons (Fsp3) is 0.562. The Hall–Kier alpha value is -1.64. The summed E-state index contributed by atoms with van der Waals surface area (Å²) in [6.45, 7) is 6.63. The van der Waals surface area contributed by atoms with Gasteiger partial charge in [0.2, 0.25) is 10.0 Å². The summed E-state index contributed by atoms with van der Waals surface area (Å²) in [5, 5.41) is 0. The quantitative estimate of drug-likeness (QED) is 0.821. The van der Waals surface area contributed by atoms with Crippen LogP contribution < -0.4 is 10.5 Å². The van der Waals surface area contributed by atoms with Gasteiger partial charge in [-0.3, -0.25) is 9.88 Å². The number of aromatic amines is 1. The maximum absolute atomic E-state index is 12.6. The summed E-state index contributed by atoms with van der Waals surface area (Å²) in [5.41, 5.74) is 0.721. The van der Waals surface area contributed by atoms with Crippen LogP contribution in [-0.2, 0) is 10.0 Å². The molecule has 7 nitrogen and oxygen atoms in total. The maximum Gasteiger partial charge on any atom is 0.417 e. The molecule has 3 rings (SSSR count). The van der Waals surface area contributed by atoms with E-state index in [0.717, 1.165) is 13.1 Å². The van der Waals surface area contributed by atoms with Gasteiger partial charge in [-0.1, -0.05) is 13.8 Å². The van der Waals surface area contributed by atoms with Crippen LogP contribution in [0.15, 0.2) is 32.3 Å². The van der Waals surface area contributed by atoms with E-state index in [1.165, 1.54) is 31.0 Å². The third-order valence-electron chi connectivity index (χ3n) is 4.56. The number of benzene rings is 1. The molecule has 0 amide bonds. The number of hydrogen-bond acceptors (Lipinski definition) is 5. The van der Waals surface area contributed by atoms with Crippen LogP contribution in [0, 0.1) is 5.92 Å². The van der Waals surface area contributed by atoms with Gasteiger partial charge in [-0.2, -0.15) is 0 Å². The minimum absolute atomic E-state index is 0.0988. The topological polar surface area (TPSA) is 95.4 Å². The van der Waals surface area contributed by atoms with Gasteiger partial charge in [-0.15, -0.1) is 0 Å². The molecule has 0 radical (unpaired) electrons. The van der Waals surface area contributed by atoms with Gasteiger partial charge in [0.1, 0.15) is 0 Å². The van der Waals surface area contributed by atoms with E-state index < -0.39 is 15.8 Å². The number of sulfonamides is 1. The van der Waals surface area contributed by atoms with Gasteiger partial charge in [-0.05, 0) is 44.0 Å². The molecular weight excluding hydrogens is 330 g/mol. The van der Waals surface area contributed by atoms with Crippen LogP contribution in [0.1, 0.15) is 26.7 Å². The Morgan fingerprint density at radius 1 is 1.29 bits per heavy atom. The summed E-state index contributed by atoms with van der Waals surface area (Å²) in [6, 6.07) is 4.55. The average molecular weight is 353 g/mol. The Balaban J connectivity index is 1.77. The number of likely N-dealkylation sites (tertiary alicyclic amines) is 1. The first-order valence-corrected chi connectivity index (χ1v) is 9.72. The number of nitrogens with zero attached hydrogens (tertiary/aromatic N) is 1. The molecule has 0 saturated carbocycles. The normalized spacial score (nSPS) is 17.8. The SMILES string of the molecule is CC(C)C(CNS(=O)(=O)c1ccc2[nH]c(=O)oc2c1)N1CCCC1. The summed E-state index contributed by atoms with van der Waals surface area (Å²) in [5.74, 6) is -0.239. The van der Waals surface area contributed by atoms with Crippen molar-refractivity contribution in [3.63, 3.8) is 0 Å². The maximum atomic E-state index is 12.6. The summed E-state index contributed by atoms with van der Waals surface area (Å²) in [6.07, 6.45) is 2.33. The van der Waals surface area contributed by atoms with E-state index in [-0.39, 0.29) is 16.5 Å². The summed E-state index contributed by atoms with van der Waals surface area (Å²) < 4.78 is 32.8. The zero-order valence-electron chi connectivity index (χ0n) is 13.9. The van der Waals surface area contributed by atoms with E-state index in [9.17, 15) is 13.2 Å². The Morgan fingerprint density at radius 2 is 2.00 bits per heavy atom. The van der Waals surface area contributed by atoms with Crippen LogP contribution in [-0.4, -0.2) is 44.0 Å². The minimum Gasteiger partial charge on any atom is -0.408 e. The first kappa shape index (κ1) is 17.2. The van der Waals surface area contributed by atoms with Crippen molar-refractivity contribution in [2.24, 2.45) is 5.92 Å². The van der Waals surface area contributed by atoms with Crippen molar-refractivity contribution < 1.29 is 12.8 Å². The lowest BCUT2D eigenvalue weighted by Crippen LogP contribution is -2.45. The molecule has 1 aromatic carbocycles. The molecule has 1 atom stereocenters. The fourth-order valence-corrected chi connectivity index (χ4v) is 4.30. The smallest absolute Gasteiger partial charge is 0.408 e. The Labute approximate surface area is 141 Å². The third-order valence-corrected chi connectivity index (χ3v) is 5.99. The standard InChI is InChI=1S/C16H23N3O4S/c1-11(2)14(19-7-3-4-8-19)10-17-24(21,22)12-5-6-13-15(9-12)23-16(20)18-13/h5-6,9,11,14,17H,3-4,7-8,10H2,1-2H3,(H,18,20). The molecule has 0 bridgehead atoms. The number of oxazole rings is 1. The molecule has 1 saturated heterocycles. The summed E-state index contributed by atoms with van der Waals surface area (Å²) >= 11 is 0. The first-order chi connectivity index (χ1) is 11.4. The molecule has 0 spiro atoms. The van der Waals surface area contributed by atoms with E-state index in [4.69, 9.17) is 4.42 Å². The second-order valence-electron chi connectivity index (χ2n) is 6.58. The van der Waals surface area contributed by atoms with E-state index in [1.54, 1.807) is 0 Å². The van der Waals surface area contributed by atoms with E-state index in [1.807, 2.05) is 0 Å². The molecule has 2 aromatic rings. The van der Waals surface area contributed by atoms with E-state index >= 15 is 0 Å². The monoisotopic (exact) mass is 353 g/mol. The number of H-pyrrole nitrogens is 1. The summed E-state index contributed by atoms with van der Waals surface area (Å²) in [7, 11) is -3.65. The Morgan fingerprint density at radius 3 is 2.67 bits per heavy atom. The van der Waals surface area contributed by atoms with Gasteiger partial charge in [-0.25, -0.2) is 17.9 Å². The molecule has 1 unspecified atom stereocenters. The fourth-order valence-electron chi connectivity index (χ4n) is 3.23. The zero-order valence-corrected chi connectivity index (χ0v) is 14.7. The van der Waals surface area contributed by atoms with Crippen LogP contribution in [0.4, 0.5) is 0 Å². The van der Waals surface area contributed by atoms with Crippen LogP contribution >= 0.6 is 0 Å². The predicted molar refractivity (Wildman–Crippen MR) is 91.5 cm³/mol. The van der Waals surface area contributed by atoms with E-state index in [2.05, 4.69) is 28.5 Å².